The molecule has 8 nitrogen and oxygen atoms in total. The number of aromatic amines is 1. The molecular formula is C17H22N4O4S2. The van der Waals surface area contributed by atoms with Crippen molar-refractivity contribution < 1.29 is 13.5 Å². The fourth-order valence-corrected chi connectivity index (χ4v) is 3.87. The number of sulfonamides is 1. The molecule has 2 aromatic rings. The highest BCUT2D eigenvalue weighted by Gasteiger charge is 2.15. The molecule has 27 heavy (non-hydrogen) atoms. The molecule has 1 aromatic heterocycles. The average molecular weight is 411 g/mol. The van der Waals surface area contributed by atoms with Crippen molar-refractivity contribution >= 4 is 34.1 Å². The van der Waals surface area contributed by atoms with Crippen LogP contribution in [0.5, 0.6) is 5.88 Å². The van der Waals surface area contributed by atoms with Crippen LogP contribution in [0.15, 0.2) is 38.9 Å². The van der Waals surface area contributed by atoms with E-state index in [9.17, 15) is 18.3 Å². The second kappa shape index (κ2) is 8.59. The van der Waals surface area contributed by atoms with Gasteiger partial charge in [0.25, 0.3) is 5.56 Å². The van der Waals surface area contributed by atoms with Gasteiger partial charge in [0, 0.05) is 18.8 Å². The highest BCUT2D eigenvalue weighted by atomic mass is 32.2. The van der Waals surface area contributed by atoms with Crippen LogP contribution >= 0.6 is 12.2 Å². The molecule has 10 heteroatoms. The number of aromatic hydroxyl groups is 1. The zero-order valence-electron chi connectivity index (χ0n) is 15.3. The van der Waals surface area contributed by atoms with Crippen molar-refractivity contribution in [3.05, 3.63) is 45.0 Å². The van der Waals surface area contributed by atoms with Crippen molar-refractivity contribution in [3.8, 4) is 5.88 Å². The van der Waals surface area contributed by atoms with Gasteiger partial charge in [0.05, 0.1) is 10.6 Å². The Balaban J connectivity index is 2.33. The number of nitrogens with zero attached hydrogens (tertiary/aromatic N) is 2. The molecule has 0 saturated heterocycles. The summed E-state index contributed by atoms with van der Waals surface area (Å²) in [4.78, 5) is 18.8. The first-order valence-electron chi connectivity index (χ1n) is 8.38. The topological polar surface area (TPSA) is 117 Å². The maximum Gasteiger partial charge on any atom is 0.264 e. The summed E-state index contributed by atoms with van der Waals surface area (Å²) >= 11 is 5.05. The lowest BCUT2D eigenvalue weighted by Crippen LogP contribution is -2.30. The van der Waals surface area contributed by atoms with Crippen molar-refractivity contribution in [2.24, 2.45) is 4.99 Å². The molecule has 1 aromatic carbocycles. The summed E-state index contributed by atoms with van der Waals surface area (Å²) in [5, 5.41) is 10.3. The Kier molecular flexibility index (Phi) is 6.68. The third-order valence-corrected chi connectivity index (χ3v) is 5.53. The van der Waals surface area contributed by atoms with Gasteiger partial charge in [-0.2, -0.15) is 0 Å². The summed E-state index contributed by atoms with van der Waals surface area (Å²) in [5.41, 5.74) is -0.133. The van der Waals surface area contributed by atoms with E-state index in [1.54, 1.807) is 13.8 Å². The quantitative estimate of drug-likeness (QED) is 0.479. The summed E-state index contributed by atoms with van der Waals surface area (Å²) in [6, 6.07) is 5.65. The Labute approximate surface area is 162 Å². The first-order valence-corrected chi connectivity index (χ1v) is 10.3. The van der Waals surface area contributed by atoms with Crippen LogP contribution in [0.4, 0.5) is 5.69 Å². The third kappa shape index (κ3) is 5.12. The van der Waals surface area contributed by atoms with Gasteiger partial charge in [0.1, 0.15) is 5.56 Å². The first kappa shape index (κ1) is 21.0. The van der Waals surface area contributed by atoms with E-state index < -0.39 is 15.6 Å². The zero-order valence-corrected chi connectivity index (χ0v) is 16.9. The molecule has 0 saturated carbocycles. The van der Waals surface area contributed by atoms with Crippen molar-refractivity contribution in [1.29, 1.82) is 0 Å². The predicted molar refractivity (Wildman–Crippen MR) is 107 cm³/mol. The van der Waals surface area contributed by atoms with Crippen molar-refractivity contribution in [3.63, 3.8) is 0 Å². The lowest BCUT2D eigenvalue weighted by molar-refractivity contribution is 0.402. The van der Waals surface area contributed by atoms with Gasteiger partial charge in [0.2, 0.25) is 15.9 Å². The molecule has 3 N–H and O–H groups in total. The second-order valence-corrected chi connectivity index (χ2v) is 8.28. The molecule has 0 fully saturated rings. The summed E-state index contributed by atoms with van der Waals surface area (Å²) < 4.78 is 28.3. The molecule has 0 atom stereocenters. The minimum Gasteiger partial charge on any atom is -0.494 e. The van der Waals surface area contributed by atoms with Gasteiger partial charge in [-0.15, -0.1) is 0 Å². The minimum atomic E-state index is -3.59. The second-order valence-electron chi connectivity index (χ2n) is 6.18. The summed E-state index contributed by atoms with van der Waals surface area (Å²) in [5.74, 6) is -0.255. The standard InChI is InChI=1S/C17H22N4O4S2/c1-4-9-21-16(23)14(15(22)19-17(21)26)10-18-12-5-7-13(8-6-12)27(24,25)20-11(2)3/h5-8,10-11,20,23H,4,9H2,1-3H3,(H,19,22,26). The first-order chi connectivity index (χ1) is 12.7. The number of hydrogen-bond acceptors (Lipinski definition) is 6. The van der Waals surface area contributed by atoms with Crippen LogP contribution < -0.4 is 10.3 Å². The normalized spacial score (nSPS) is 12.1. The minimum absolute atomic E-state index is 0.0183. The van der Waals surface area contributed by atoms with E-state index in [-0.39, 0.29) is 27.2 Å². The number of benzene rings is 1. The smallest absolute Gasteiger partial charge is 0.264 e. The lowest BCUT2D eigenvalue weighted by atomic mass is 10.3. The Morgan fingerprint density at radius 2 is 1.96 bits per heavy atom. The Morgan fingerprint density at radius 3 is 2.52 bits per heavy atom. The molecule has 0 aliphatic rings. The summed E-state index contributed by atoms with van der Waals surface area (Å²) in [7, 11) is -3.59. The van der Waals surface area contributed by atoms with Crippen LogP contribution in [-0.2, 0) is 16.6 Å². The van der Waals surface area contributed by atoms with E-state index in [1.165, 1.54) is 35.0 Å². The Bertz CT molecular complexity index is 1050. The molecule has 0 amide bonds. The van der Waals surface area contributed by atoms with Crippen LogP contribution in [0.2, 0.25) is 0 Å². The van der Waals surface area contributed by atoms with Gasteiger partial charge in [-0.1, -0.05) is 6.92 Å². The third-order valence-electron chi connectivity index (χ3n) is 3.53. The molecule has 0 spiro atoms. The molecule has 0 aliphatic carbocycles. The molecule has 0 bridgehead atoms. The molecule has 2 rings (SSSR count). The SMILES string of the molecule is CCCn1c(O)c(C=Nc2ccc(S(=O)(=O)NC(C)C)cc2)c(=O)[nH]c1=S. The van der Waals surface area contributed by atoms with Crippen molar-refractivity contribution in [2.45, 2.75) is 44.7 Å². The average Bonchev–Trinajstić information content (AvgIpc) is 2.57. The van der Waals surface area contributed by atoms with E-state index in [2.05, 4.69) is 14.7 Å². The number of nitrogens with one attached hydrogen (secondary N) is 2. The van der Waals surface area contributed by atoms with E-state index in [0.29, 0.717) is 12.2 Å². The van der Waals surface area contributed by atoms with Crippen LogP contribution in [0.25, 0.3) is 0 Å². The Hall–Kier alpha value is -2.30. The molecule has 0 radical (unpaired) electrons. The van der Waals surface area contributed by atoms with E-state index in [1.807, 2.05) is 6.92 Å². The largest absolute Gasteiger partial charge is 0.494 e. The monoisotopic (exact) mass is 410 g/mol. The van der Waals surface area contributed by atoms with Gasteiger partial charge >= 0.3 is 0 Å². The highest BCUT2D eigenvalue weighted by Crippen LogP contribution is 2.18. The van der Waals surface area contributed by atoms with Gasteiger partial charge < -0.3 is 5.11 Å². The zero-order chi connectivity index (χ0) is 20.2. The van der Waals surface area contributed by atoms with E-state index >= 15 is 0 Å². The summed E-state index contributed by atoms with van der Waals surface area (Å²) in [6.07, 6.45) is 1.95. The van der Waals surface area contributed by atoms with Crippen molar-refractivity contribution in [2.75, 3.05) is 0 Å². The maximum atomic E-state index is 12.1. The summed E-state index contributed by atoms with van der Waals surface area (Å²) in [6.45, 7) is 5.85. The number of H-pyrrole nitrogens is 1. The number of rotatable bonds is 7. The van der Waals surface area contributed by atoms with Crippen LogP contribution in [0.1, 0.15) is 32.8 Å². The van der Waals surface area contributed by atoms with Gasteiger partial charge in [-0.25, -0.2) is 13.1 Å². The van der Waals surface area contributed by atoms with Crippen molar-refractivity contribution in [1.82, 2.24) is 14.3 Å². The fourth-order valence-electron chi connectivity index (χ4n) is 2.35. The lowest BCUT2D eigenvalue weighted by Gasteiger charge is -2.10. The maximum absolute atomic E-state index is 12.1. The number of aromatic nitrogens is 2. The number of hydrogen-bond donors (Lipinski definition) is 3. The molecule has 0 unspecified atom stereocenters. The fraction of sp³-hybridized carbons (Fsp3) is 0.353. The van der Waals surface area contributed by atoms with Crippen LogP contribution in [-0.4, -0.2) is 35.3 Å². The molecule has 0 aliphatic heterocycles. The van der Waals surface area contributed by atoms with Gasteiger partial charge in [-0.3, -0.25) is 19.3 Å². The van der Waals surface area contributed by atoms with Gasteiger partial charge in [0.15, 0.2) is 4.77 Å². The molecule has 1 heterocycles. The Morgan fingerprint density at radius 1 is 1.33 bits per heavy atom. The molecule has 146 valence electrons. The van der Waals surface area contributed by atoms with Crippen LogP contribution in [0, 0.1) is 4.77 Å². The number of aliphatic imine (C=N–C) groups is 1. The predicted octanol–water partition coefficient (Wildman–Crippen LogP) is 2.46. The van der Waals surface area contributed by atoms with E-state index in [4.69, 9.17) is 12.2 Å². The van der Waals surface area contributed by atoms with Gasteiger partial charge in [-0.05, 0) is 56.8 Å². The highest BCUT2D eigenvalue weighted by molar-refractivity contribution is 7.89. The van der Waals surface area contributed by atoms with E-state index in [0.717, 1.165) is 6.42 Å². The molecular weight excluding hydrogens is 388 g/mol. The van der Waals surface area contributed by atoms with Crippen LogP contribution in [0.3, 0.4) is 0 Å².